The summed E-state index contributed by atoms with van der Waals surface area (Å²) in [6.07, 6.45) is 1.80. The Morgan fingerprint density at radius 3 is 2.42 bits per heavy atom. The summed E-state index contributed by atoms with van der Waals surface area (Å²) in [5, 5.41) is 2.89. The van der Waals surface area contributed by atoms with Gasteiger partial charge in [-0.15, -0.1) is 0 Å². The highest BCUT2D eigenvalue weighted by Crippen LogP contribution is 2.34. The van der Waals surface area contributed by atoms with E-state index >= 15 is 0 Å². The van der Waals surface area contributed by atoms with Crippen LogP contribution in [0.15, 0.2) is 48.5 Å². The number of hydrogen-bond donors (Lipinski definition) is 1. The van der Waals surface area contributed by atoms with Crippen molar-refractivity contribution in [3.05, 3.63) is 48.5 Å². The molecule has 0 saturated heterocycles. The number of nitrogens with zero attached hydrogens (tertiary/aromatic N) is 2. The quantitative estimate of drug-likeness (QED) is 0.601. The number of fused-ring (bicyclic) bond motifs is 1. The predicted molar refractivity (Wildman–Crippen MR) is 122 cm³/mol. The molecule has 0 atom stereocenters. The van der Waals surface area contributed by atoms with Crippen molar-refractivity contribution in [2.24, 2.45) is 0 Å². The first-order valence-electron chi connectivity index (χ1n) is 10.2. The lowest BCUT2D eigenvalue weighted by atomic mass is 10.2. The molecule has 1 aliphatic heterocycles. The summed E-state index contributed by atoms with van der Waals surface area (Å²) >= 11 is 0. The van der Waals surface area contributed by atoms with Gasteiger partial charge < -0.3 is 19.7 Å². The third-order valence-corrected chi connectivity index (χ3v) is 6.14. The van der Waals surface area contributed by atoms with Gasteiger partial charge in [0.05, 0.1) is 11.9 Å². The summed E-state index contributed by atoms with van der Waals surface area (Å²) in [6, 6.07) is 15.0. The largest absolute Gasteiger partial charge is 0.486 e. The molecular formula is C22H29N3O5S. The molecule has 1 heterocycles. The minimum Gasteiger partial charge on any atom is -0.486 e. The lowest BCUT2D eigenvalue weighted by molar-refractivity contribution is -0.121. The molecule has 168 valence electrons. The normalized spacial score (nSPS) is 12.8. The zero-order chi connectivity index (χ0) is 22.3. The molecule has 2 aromatic rings. The third kappa shape index (κ3) is 6.52. The molecule has 0 bridgehead atoms. The van der Waals surface area contributed by atoms with Crippen LogP contribution in [0.1, 0.15) is 12.8 Å². The second-order valence-corrected chi connectivity index (χ2v) is 9.28. The Hall–Kier alpha value is -2.94. The molecule has 0 aliphatic carbocycles. The van der Waals surface area contributed by atoms with E-state index in [9.17, 15) is 13.2 Å². The minimum atomic E-state index is -3.50. The van der Waals surface area contributed by atoms with Crippen LogP contribution in [0.4, 0.5) is 11.4 Å². The van der Waals surface area contributed by atoms with E-state index in [-0.39, 0.29) is 18.9 Å². The van der Waals surface area contributed by atoms with E-state index in [1.807, 2.05) is 37.4 Å². The number of benzene rings is 2. The highest BCUT2D eigenvalue weighted by Gasteiger charge is 2.21. The zero-order valence-corrected chi connectivity index (χ0v) is 18.7. The van der Waals surface area contributed by atoms with Crippen LogP contribution in [0.5, 0.6) is 11.5 Å². The lowest BCUT2D eigenvalue weighted by Crippen LogP contribution is -2.34. The van der Waals surface area contributed by atoms with Crippen molar-refractivity contribution in [1.82, 2.24) is 5.32 Å². The number of amides is 1. The highest BCUT2D eigenvalue weighted by atomic mass is 32.2. The first kappa shape index (κ1) is 22.7. The monoisotopic (exact) mass is 447 g/mol. The van der Waals surface area contributed by atoms with Gasteiger partial charge in [0.2, 0.25) is 15.9 Å². The van der Waals surface area contributed by atoms with Gasteiger partial charge in [-0.1, -0.05) is 18.2 Å². The van der Waals surface area contributed by atoms with E-state index in [0.29, 0.717) is 49.9 Å². The standard InChI is InChI=1S/C22H29N3O5S/c1-24(18-7-4-3-5-8-18)14-12-23-22(26)9-6-13-25(31(2,27)28)19-10-11-20-21(17-19)30-16-15-29-20/h3-5,7-8,10-11,17H,6,9,12-16H2,1-2H3,(H,23,26). The van der Waals surface area contributed by atoms with E-state index in [1.165, 1.54) is 4.31 Å². The van der Waals surface area contributed by atoms with Crippen molar-refractivity contribution < 1.29 is 22.7 Å². The molecule has 0 aromatic heterocycles. The first-order chi connectivity index (χ1) is 14.8. The van der Waals surface area contributed by atoms with Gasteiger partial charge in [-0.05, 0) is 30.7 Å². The van der Waals surface area contributed by atoms with Crippen molar-refractivity contribution in [3.8, 4) is 11.5 Å². The van der Waals surface area contributed by atoms with E-state index < -0.39 is 10.0 Å². The number of para-hydroxylation sites is 1. The van der Waals surface area contributed by atoms with Gasteiger partial charge in [0.25, 0.3) is 0 Å². The maximum Gasteiger partial charge on any atom is 0.232 e. The number of ether oxygens (including phenoxy) is 2. The molecule has 1 amide bonds. The fourth-order valence-electron chi connectivity index (χ4n) is 3.32. The molecule has 9 heteroatoms. The molecule has 1 N–H and O–H groups in total. The maximum atomic E-state index is 12.3. The molecule has 0 unspecified atom stereocenters. The number of anilines is 2. The maximum absolute atomic E-state index is 12.3. The topological polar surface area (TPSA) is 88.2 Å². The van der Waals surface area contributed by atoms with E-state index in [0.717, 1.165) is 11.9 Å². The summed E-state index contributed by atoms with van der Waals surface area (Å²) in [6.45, 7) is 2.30. The SMILES string of the molecule is CN(CCNC(=O)CCCN(c1ccc2c(c1)OCCO2)S(C)(=O)=O)c1ccccc1. The second-order valence-electron chi connectivity index (χ2n) is 7.37. The average molecular weight is 448 g/mol. The molecular weight excluding hydrogens is 418 g/mol. The van der Waals surface area contributed by atoms with E-state index in [2.05, 4.69) is 10.2 Å². The summed E-state index contributed by atoms with van der Waals surface area (Å²) in [5.41, 5.74) is 1.58. The number of likely N-dealkylation sites (N-methyl/N-ethyl adjacent to an activating group) is 1. The summed E-state index contributed by atoms with van der Waals surface area (Å²) in [4.78, 5) is 14.2. The van der Waals surface area contributed by atoms with Gasteiger partial charge in [0.15, 0.2) is 11.5 Å². The van der Waals surface area contributed by atoms with Gasteiger partial charge in [-0.3, -0.25) is 9.10 Å². The van der Waals surface area contributed by atoms with Gasteiger partial charge in [-0.2, -0.15) is 0 Å². The van der Waals surface area contributed by atoms with Crippen LogP contribution in [0.3, 0.4) is 0 Å². The fraction of sp³-hybridized carbons (Fsp3) is 0.409. The van der Waals surface area contributed by atoms with Crippen molar-refractivity contribution in [2.75, 3.05) is 55.4 Å². The Kier molecular flexibility index (Phi) is 7.62. The number of sulfonamides is 1. The second kappa shape index (κ2) is 10.4. The van der Waals surface area contributed by atoms with E-state index in [4.69, 9.17) is 9.47 Å². The Morgan fingerprint density at radius 1 is 1.00 bits per heavy atom. The van der Waals surface area contributed by atoms with Gasteiger partial charge in [0.1, 0.15) is 13.2 Å². The molecule has 0 spiro atoms. The third-order valence-electron chi connectivity index (χ3n) is 4.95. The Balaban J connectivity index is 1.48. The zero-order valence-electron chi connectivity index (χ0n) is 17.9. The van der Waals surface area contributed by atoms with Crippen LogP contribution in [-0.2, 0) is 14.8 Å². The fourth-order valence-corrected chi connectivity index (χ4v) is 4.28. The lowest BCUT2D eigenvalue weighted by Gasteiger charge is -2.25. The molecule has 2 aromatic carbocycles. The number of hydrogen-bond acceptors (Lipinski definition) is 6. The minimum absolute atomic E-state index is 0.0999. The summed E-state index contributed by atoms with van der Waals surface area (Å²) < 4.78 is 36.9. The molecule has 0 radical (unpaired) electrons. The van der Waals surface area contributed by atoms with Crippen molar-refractivity contribution in [2.45, 2.75) is 12.8 Å². The van der Waals surface area contributed by atoms with Crippen molar-refractivity contribution in [3.63, 3.8) is 0 Å². The number of carbonyl (C=O) groups is 1. The van der Waals surface area contributed by atoms with Gasteiger partial charge in [0, 0.05) is 44.9 Å². The van der Waals surface area contributed by atoms with Gasteiger partial charge >= 0.3 is 0 Å². The van der Waals surface area contributed by atoms with Crippen LogP contribution < -0.4 is 24.0 Å². The average Bonchev–Trinajstić information content (AvgIpc) is 2.76. The van der Waals surface area contributed by atoms with Crippen LogP contribution >= 0.6 is 0 Å². The first-order valence-corrected chi connectivity index (χ1v) is 12.1. The number of carbonyl (C=O) groups excluding carboxylic acids is 1. The predicted octanol–water partition coefficient (Wildman–Crippen LogP) is 2.26. The Bertz CT molecular complexity index is 982. The van der Waals surface area contributed by atoms with Gasteiger partial charge in [-0.25, -0.2) is 8.42 Å². The Labute approximate surface area is 183 Å². The molecule has 1 aliphatic rings. The highest BCUT2D eigenvalue weighted by molar-refractivity contribution is 7.92. The smallest absolute Gasteiger partial charge is 0.232 e. The summed E-state index contributed by atoms with van der Waals surface area (Å²) in [7, 11) is -1.53. The van der Waals surface area contributed by atoms with Crippen LogP contribution in [-0.4, -0.2) is 60.5 Å². The molecule has 31 heavy (non-hydrogen) atoms. The number of rotatable bonds is 10. The summed E-state index contributed by atoms with van der Waals surface area (Å²) in [5.74, 6) is 1.03. The van der Waals surface area contributed by atoms with Crippen LogP contribution in [0.25, 0.3) is 0 Å². The van der Waals surface area contributed by atoms with Crippen LogP contribution in [0, 0.1) is 0 Å². The van der Waals surface area contributed by atoms with E-state index in [1.54, 1.807) is 18.2 Å². The number of nitrogens with one attached hydrogen (secondary N) is 1. The molecule has 0 saturated carbocycles. The van der Waals surface area contributed by atoms with Crippen LogP contribution in [0.2, 0.25) is 0 Å². The molecule has 3 rings (SSSR count). The van der Waals surface area contributed by atoms with Crippen molar-refractivity contribution in [1.29, 1.82) is 0 Å². The molecule has 0 fully saturated rings. The molecule has 8 nitrogen and oxygen atoms in total. The van der Waals surface area contributed by atoms with Crippen molar-refractivity contribution >= 4 is 27.3 Å². The Morgan fingerprint density at radius 2 is 1.71 bits per heavy atom.